The minimum atomic E-state index is -4.05. The van der Waals surface area contributed by atoms with Crippen LogP contribution in [0.2, 0.25) is 0 Å². The molecule has 0 saturated heterocycles. The number of nitrogens with zero attached hydrogens (tertiary/aromatic N) is 2. The van der Waals surface area contributed by atoms with Gasteiger partial charge in [-0.3, -0.25) is 4.79 Å². The molecule has 0 amide bonds. The van der Waals surface area contributed by atoms with Crippen molar-refractivity contribution in [2.75, 3.05) is 0 Å². The van der Waals surface area contributed by atoms with Crippen LogP contribution in [0.4, 0.5) is 0 Å². The van der Waals surface area contributed by atoms with Crippen molar-refractivity contribution < 1.29 is 22.8 Å². The van der Waals surface area contributed by atoms with Gasteiger partial charge in [0.2, 0.25) is 10.0 Å². The number of H-pyrrole nitrogens is 1. The molecule has 0 aliphatic heterocycles. The molecule has 0 fully saturated rings. The van der Waals surface area contributed by atoms with E-state index in [1.54, 1.807) is 0 Å². The maximum absolute atomic E-state index is 12.3. The number of rotatable bonds is 6. The summed E-state index contributed by atoms with van der Waals surface area (Å²) in [6.45, 7) is 2.91. The van der Waals surface area contributed by atoms with E-state index >= 15 is 0 Å². The first-order chi connectivity index (χ1) is 9.81. The smallest absolute Gasteiger partial charge is 0.322 e. The number of carbonyl (C=O) groups is 1. The Balaban J connectivity index is 2.26. The number of nitrogens with one attached hydrogen (secondary N) is 2. The number of carboxylic acids is 1. The Kier molecular flexibility index (Phi) is 4.09. The highest BCUT2D eigenvalue weighted by Gasteiger charge is 2.30. The van der Waals surface area contributed by atoms with Gasteiger partial charge in [0.15, 0.2) is 5.76 Å². The highest BCUT2D eigenvalue weighted by molar-refractivity contribution is 7.89. The van der Waals surface area contributed by atoms with Crippen molar-refractivity contribution >= 4 is 16.0 Å². The summed E-state index contributed by atoms with van der Waals surface area (Å²) in [5.41, 5.74) is 0.676. The van der Waals surface area contributed by atoms with Crippen molar-refractivity contribution in [3.63, 3.8) is 0 Å². The Morgan fingerprint density at radius 3 is 2.71 bits per heavy atom. The average molecular weight is 314 g/mol. The number of hydrogen-bond acceptors (Lipinski definition) is 6. The van der Waals surface area contributed by atoms with Crippen LogP contribution in [-0.2, 0) is 21.2 Å². The number of carboxylic acid groups (broad SMARTS) is 1. The minimum absolute atomic E-state index is 0.0576. The zero-order valence-corrected chi connectivity index (χ0v) is 12.1. The molecule has 2 rings (SSSR count). The van der Waals surface area contributed by atoms with Gasteiger partial charge in [0.1, 0.15) is 16.6 Å². The highest BCUT2D eigenvalue weighted by Crippen LogP contribution is 2.19. The largest absolute Gasteiger partial charge is 0.480 e. The Labute approximate surface area is 120 Å². The molecule has 9 nitrogen and oxygen atoms in total. The van der Waals surface area contributed by atoms with Gasteiger partial charge in [-0.15, -0.1) is 0 Å². The second kappa shape index (κ2) is 5.66. The van der Waals surface area contributed by atoms with Gasteiger partial charge >= 0.3 is 5.97 Å². The third kappa shape index (κ3) is 3.28. The lowest BCUT2D eigenvalue weighted by molar-refractivity contribution is -0.138. The van der Waals surface area contributed by atoms with Gasteiger partial charge in [-0.25, -0.2) is 13.4 Å². The molecule has 0 aliphatic carbocycles. The minimum Gasteiger partial charge on any atom is -0.480 e. The summed E-state index contributed by atoms with van der Waals surface area (Å²) in [5.74, 6) is -1.19. The van der Waals surface area contributed by atoms with Gasteiger partial charge in [0.05, 0.1) is 6.33 Å². The van der Waals surface area contributed by atoms with Gasteiger partial charge in [-0.1, -0.05) is 5.16 Å². The van der Waals surface area contributed by atoms with Crippen LogP contribution in [0.15, 0.2) is 21.9 Å². The molecule has 2 aromatic heterocycles. The predicted molar refractivity (Wildman–Crippen MR) is 70.0 cm³/mol. The summed E-state index contributed by atoms with van der Waals surface area (Å²) in [6.07, 6.45) is 2.76. The topological polar surface area (TPSA) is 138 Å². The summed E-state index contributed by atoms with van der Waals surface area (Å²) in [4.78, 5) is 17.6. The van der Waals surface area contributed by atoms with Crippen molar-refractivity contribution in [3.05, 3.63) is 29.7 Å². The van der Waals surface area contributed by atoms with Crippen LogP contribution in [0.1, 0.15) is 17.1 Å². The zero-order valence-electron chi connectivity index (χ0n) is 11.3. The molecule has 0 radical (unpaired) electrons. The molecule has 0 bridgehead atoms. The first-order valence-corrected chi connectivity index (χ1v) is 7.45. The number of aryl methyl sites for hydroxylation is 2. The van der Waals surface area contributed by atoms with E-state index in [2.05, 4.69) is 19.8 Å². The third-order valence-corrected chi connectivity index (χ3v) is 4.53. The summed E-state index contributed by atoms with van der Waals surface area (Å²) in [7, 11) is -4.05. The van der Waals surface area contributed by atoms with Crippen LogP contribution < -0.4 is 4.72 Å². The van der Waals surface area contributed by atoms with Crippen LogP contribution in [0.5, 0.6) is 0 Å². The van der Waals surface area contributed by atoms with E-state index < -0.39 is 22.0 Å². The molecule has 21 heavy (non-hydrogen) atoms. The van der Waals surface area contributed by atoms with Crippen LogP contribution in [0, 0.1) is 13.8 Å². The van der Waals surface area contributed by atoms with Crippen LogP contribution in [-0.4, -0.2) is 40.7 Å². The van der Waals surface area contributed by atoms with Gasteiger partial charge < -0.3 is 14.6 Å². The first-order valence-electron chi connectivity index (χ1n) is 5.96. The lowest BCUT2D eigenvalue weighted by Gasteiger charge is -2.13. The molecule has 0 spiro atoms. The van der Waals surface area contributed by atoms with Gasteiger partial charge in [-0.05, 0) is 13.8 Å². The molecule has 2 heterocycles. The fraction of sp³-hybridized carbons (Fsp3) is 0.364. The fourth-order valence-electron chi connectivity index (χ4n) is 1.90. The molecule has 114 valence electrons. The Hall–Kier alpha value is -2.20. The Bertz CT molecular complexity index is 715. The molecule has 3 N–H and O–H groups in total. The predicted octanol–water partition coefficient (Wildman–Crippen LogP) is -0.0113. The van der Waals surface area contributed by atoms with Crippen molar-refractivity contribution in [2.24, 2.45) is 0 Å². The SMILES string of the molecule is Cc1noc(C)c1S(=O)(=O)N[C@H](Cc1cnc[nH]1)C(=O)O. The molecule has 2 aromatic rings. The van der Waals surface area contributed by atoms with E-state index in [-0.39, 0.29) is 22.8 Å². The lowest BCUT2D eigenvalue weighted by Crippen LogP contribution is -2.42. The van der Waals surface area contributed by atoms with E-state index in [0.29, 0.717) is 5.69 Å². The normalized spacial score (nSPS) is 13.2. The average Bonchev–Trinajstić information content (AvgIpc) is 2.98. The second-order valence-corrected chi connectivity index (χ2v) is 6.10. The number of sulfonamides is 1. The van der Waals surface area contributed by atoms with Gasteiger partial charge in [0, 0.05) is 18.3 Å². The molecule has 10 heteroatoms. The lowest BCUT2D eigenvalue weighted by atomic mass is 10.2. The van der Waals surface area contributed by atoms with Crippen LogP contribution in [0.25, 0.3) is 0 Å². The van der Waals surface area contributed by atoms with Crippen molar-refractivity contribution in [2.45, 2.75) is 31.2 Å². The monoisotopic (exact) mass is 314 g/mol. The summed E-state index contributed by atoms with van der Waals surface area (Å²) >= 11 is 0. The number of aliphatic carboxylic acids is 1. The molecular formula is C11H14N4O5S. The number of aromatic amines is 1. The maximum atomic E-state index is 12.3. The molecule has 0 saturated carbocycles. The number of hydrogen-bond donors (Lipinski definition) is 3. The summed E-state index contributed by atoms with van der Waals surface area (Å²) in [6, 6.07) is -1.33. The second-order valence-electron chi connectivity index (χ2n) is 4.45. The van der Waals surface area contributed by atoms with Gasteiger partial charge in [0.25, 0.3) is 0 Å². The molecule has 0 unspecified atom stereocenters. The number of imidazole rings is 1. The first kappa shape index (κ1) is 15.2. The van der Waals surface area contributed by atoms with E-state index in [0.717, 1.165) is 0 Å². The van der Waals surface area contributed by atoms with E-state index in [9.17, 15) is 18.3 Å². The maximum Gasteiger partial charge on any atom is 0.322 e. The Morgan fingerprint density at radius 2 is 2.24 bits per heavy atom. The van der Waals surface area contributed by atoms with Crippen molar-refractivity contribution in [1.29, 1.82) is 0 Å². The molecular weight excluding hydrogens is 300 g/mol. The summed E-state index contributed by atoms with van der Waals surface area (Å²) < 4.78 is 31.5. The van der Waals surface area contributed by atoms with E-state index in [4.69, 9.17) is 4.52 Å². The third-order valence-electron chi connectivity index (χ3n) is 2.81. The summed E-state index contributed by atoms with van der Waals surface area (Å²) in [5, 5.41) is 12.7. The van der Waals surface area contributed by atoms with Crippen molar-refractivity contribution in [3.8, 4) is 0 Å². The molecule has 0 aliphatic rings. The van der Waals surface area contributed by atoms with E-state index in [1.807, 2.05) is 0 Å². The number of aromatic nitrogens is 3. The van der Waals surface area contributed by atoms with E-state index in [1.165, 1.54) is 26.4 Å². The van der Waals surface area contributed by atoms with Crippen LogP contribution in [0.3, 0.4) is 0 Å². The van der Waals surface area contributed by atoms with Crippen molar-refractivity contribution in [1.82, 2.24) is 19.8 Å². The molecule has 1 atom stereocenters. The van der Waals surface area contributed by atoms with Crippen LogP contribution >= 0.6 is 0 Å². The fourth-order valence-corrected chi connectivity index (χ4v) is 3.42. The standard InChI is InChI=1S/C11H14N4O5S/c1-6-10(7(2)20-14-6)21(18,19)15-9(11(16)17)3-8-4-12-5-13-8/h4-5,9,15H,3H2,1-2H3,(H,12,13)(H,16,17)/t9-/m1/s1. The Morgan fingerprint density at radius 1 is 1.52 bits per heavy atom. The quantitative estimate of drug-likeness (QED) is 0.681. The zero-order chi connectivity index (χ0) is 15.6. The molecule has 0 aromatic carbocycles. The van der Waals surface area contributed by atoms with Gasteiger partial charge in [-0.2, -0.15) is 4.72 Å². The highest BCUT2D eigenvalue weighted by atomic mass is 32.2.